The average Bonchev–Trinajstić information content (AvgIpc) is 2.85. The van der Waals surface area contributed by atoms with Gasteiger partial charge in [0.2, 0.25) is 0 Å². The molecule has 184 valence electrons. The number of hydrogen-bond donors (Lipinski definition) is 1. The molecule has 1 saturated heterocycles. The Kier molecular flexibility index (Phi) is 8.26. The maximum Gasteiger partial charge on any atom is 0.263 e. The monoisotopic (exact) mass is 623 g/mol. The normalized spacial score (nSPS) is 14.7. The SMILES string of the molecule is O=C(c1ccc(NS(=O)(=O)c2cc(Br)ccc2Br)cc1)N1CCN(CCc2ccc(F)cc2)CC1. The number of sulfonamides is 1. The molecule has 0 radical (unpaired) electrons. The molecule has 1 amide bonds. The molecule has 1 aliphatic heterocycles. The first-order valence-electron chi connectivity index (χ1n) is 11.1. The van der Waals surface area contributed by atoms with E-state index in [2.05, 4.69) is 41.5 Å². The zero-order valence-electron chi connectivity index (χ0n) is 18.8. The van der Waals surface area contributed by atoms with Crippen LogP contribution >= 0.6 is 31.9 Å². The van der Waals surface area contributed by atoms with Crippen molar-refractivity contribution >= 4 is 53.5 Å². The Hall–Kier alpha value is -2.27. The topological polar surface area (TPSA) is 69.7 Å². The molecule has 0 aliphatic carbocycles. The summed E-state index contributed by atoms with van der Waals surface area (Å²) in [5.41, 5.74) is 1.98. The van der Waals surface area contributed by atoms with Gasteiger partial charge in [-0.3, -0.25) is 14.4 Å². The van der Waals surface area contributed by atoms with Gasteiger partial charge in [0.05, 0.1) is 0 Å². The molecule has 1 aliphatic rings. The molecule has 0 unspecified atom stereocenters. The van der Waals surface area contributed by atoms with Crippen LogP contribution in [-0.2, 0) is 16.4 Å². The predicted molar refractivity (Wildman–Crippen MR) is 142 cm³/mol. The van der Waals surface area contributed by atoms with Crippen molar-refractivity contribution in [3.05, 3.63) is 92.6 Å². The molecule has 3 aromatic rings. The highest BCUT2D eigenvalue weighted by molar-refractivity contribution is 9.11. The Balaban J connectivity index is 1.31. The Labute approximate surface area is 221 Å². The van der Waals surface area contributed by atoms with Crippen LogP contribution in [0.25, 0.3) is 0 Å². The third-order valence-corrected chi connectivity index (χ3v) is 8.72. The van der Waals surface area contributed by atoms with Gasteiger partial charge >= 0.3 is 0 Å². The minimum atomic E-state index is -3.80. The second-order valence-corrected chi connectivity index (χ2v) is 11.7. The van der Waals surface area contributed by atoms with Crippen LogP contribution in [0.2, 0.25) is 0 Å². The van der Waals surface area contributed by atoms with E-state index in [9.17, 15) is 17.6 Å². The van der Waals surface area contributed by atoms with Crippen molar-refractivity contribution < 1.29 is 17.6 Å². The average molecular weight is 625 g/mol. The van der Waals surface area contributed by atoms with Crippen LogP contribution in [0, 0.1) is 5.82 Å². The fourth-order valence-corrected chi connectivity index (χ4v) is 6.43. The lowest BCUT2D eigenvalue weighted by Gasteiger charge is -2.34. The van der Waals surface area contributed by atoms with E-state index < -0.39 is 10.0 Å². The summed E-state index contributed by atoms with van der Waals surface area (Å²) in [4.78, 5) is 17.2. The lowest BCUT2D eigenvalue weighted by Crippen LogP contribution is -2.49. The van der Waals surface area contributed by atoms with Gasteiger partial charge < -0.3 is 4.90 Å². The first-order valence-corrected chi connectivity index (χ1v) is 14.1. The Bertz CT molecular complexity index is 1290. The molecule has 10 heteroatoms. The van der Waals surface area contributed by atoms with Gasteiger partial charge in [-0.25, -0.2) is 12.8 Å². The van der Waals surface area contributed by atoms with Crippen molar-refractivity contribution in [2.45, 2.75) is 11.3 Å². The molecule has 0 spiro atoms. The van der Waals surface area contributed by atoms with Gasteiger partial charge in [0.15, 0.2) is 0 Å². The van der Waals surface area contributed by atoms with Crippen molar-refractivity contribution in [2.24, 2.45) is 0 Å². The van der Waals surface area contributed by atoms with E-state index in [1.54, 1.807) is 48.5 Å². The van der Waals surface area contributed by atoms with E-state index in [1.165, 1.54) is 18.2 Å². The third-order valence-electron chi connectivity index (χ3n) is 5.86. The summed E-state index contributed by atoms with van der Waals surface area (Å²) in [6.07, 6.45) is 0.835. The largest absolute Gasteiger partial charge is 0.336 e. The minimum Gasteiger partial charge on any atom is -0.336 e. The van der Waals surface area contributed by atoms with E-state index in [1.807, 2.05) is 4.90 Å². The summed E-state index contributed by atoms with van der Waals surface area (Å²) < 4.78 is 42.3. The standard InChI is InChI=1S/C25H24Br2FN3O3S/c26-20-5-10-23(27)24(17-20)35(33,34)29-22-8-3-19(4-9-22)25(32)31-15-13-30(14-16-31)12-11-18-1-6-21(28)7-2-18/h1-10,17,29H,11-16H2. The van der Waals surface area contributed by atoms with Gasteiger partial charge in [-0.05, 0) is 82.5 Å². The molecule has 0 saturated carbocycles. The van der Waals surface area contributed by atoms with Crippen LogP contribution in [0.4, 0.5) is 10.1 Å². The number of piperazine rings is 1. The van der Waals surface area contributed by atoms with Gasteiger partial charge in [0, 0.05) is 52.9 Å². The molecule has 0 bridgehead atoms. The third kappa shape index (κ3) is 6.69. The zero-order valence-corrected chi connectivity index (χ0v) is 22.7. The summed E-state index contributed by atoms with van der Waals surface area (Å²) >= 11 is 6.57. The fourth-order valence-electron chi connectivity index (χ4n) is 3.87. The maximum absolute atomic E-state index is 13.1. The Morgan fingerprint density at radius 2 is 1.57 bits per heavy atom. The summed E-state index contributed by atoms with van der Waals surface area (Å²) in [5, 5.41) is 0. The van der Waals surface area contributed by atoms with E-state index >= 15 is 0 Å². The molecule has 1 heterocycles. The van der Waals surface area contributed by atoms with Crippen molar-refractivity contribution in [1.82, 2.24) is 9.80 Å². The highest BCUT2D eigenvalue weighted by Crippen LogP contribution is 2.27. The van der Waals surface area contributed by atoms with Crippen molar-refractivity contribution in [1.29, 1.82) is 0 Å². The molecule has 35 heavy (non-hydrogen) atoms. The molecule has 0 aromatic heterocycles. The van der Waals surface area contributed by atoms with Crippen LogP contribution < -0.4 is 4.72 Å². The molecule has 1 fully saturated rings. The summed E-state index contributed by atoms with van der Waals surface area (Å²) in [6.45, 7) is 3.64. The number of rotatable bonds is 7. The van der Waals surface area contributed by atoms with Crippen molar-refractivity contribution in [3.8, 4) is 0 Å². The van der Waals surface area contributed by atoms with Crippen LogP contribution in [0.15, 0.2) is 80.6 Å². The molecule has 3 aromatic carbocycles. The summed E-state index contributed by atoms with van der Waals surface area (Å²) in [7, 11) is -3.80. The molecule has 0 atom stereocenters. The van der Waals surface area contributed by atoms with Gasteiger partial charge in [-0.1, -0.05) is 28.1 Å². The van der Waals surface area contributed by atoms with Crippen LogP contribution in [0.1, 0.15) is 15.9 Å². The molecular formula is C25H24Br2FN3O3S. The van der Waals surface area contributed by atoms with Crippen molar-refractivity contribution in [2.75, 3.05) is 37.4 Å². The second kappa shape index (κ2) is 11.2. The van der Waals surface area contributed by atoms with E-state index in [-0.39, 0.29) is 16.6 Å². The molecule has 6 nitrogen and oxygen atoms in total. The number of nitrogens with zero attached hydrogens (tertiary/aromatic N) is 2. The number of carbonyl (C=O) groups is 1. The van der Waals surface area contributed by atoms with Gasteiger partial charge in [-0.15, -0.1) is 0 Å². The maximum atomic E-state index is 13.1. The Morgan fingerprint density at radius 1 is 0.914 bits per heavy atom. The predicted octanol–water partition coefficient (Wildman–Crippen LogP) is 5.15. The molecule has 1 N–H and O–H groups in total. The van der Waals surface area contributed by atoms with E-state index in [0.29, 0.717) is 33.3 Å². The smallest absolute Gasteiger partial charge is 0.263 e. The number of anilines is 1. The molecule has 4 rings (SSSR count). The number of hydrogen-bond acceptors (Lipinski definition) is 4. The number of halogens is 3. The highest BCUT2D eigenvalue weighted by Gasteiger charge is 2.23. The highest BCUT2D eigenvalue weighted by atomic mass is 79.9. The molecular weight excluding hydrogens is 601 g/mol. The lowest BCUT2D eigenvalue weighted by molar-refractivity contribution is 0.0638. The zero-order chi connectivity index (χ0) is 25.0. The second-order valence-electron chi connectivity index (χ2n) is 8.27. The fraction of sp³-hybridized carbons (Fsp3) is 0.240. The van der Waals surface area contributed by atoms with Gasteiger partial charge in [0.1, 0.15) is 10.7 Å². The lowest BCUT2D eigenvalue weighted by atomic mass is 10.1. The first-order chi connectivity index (χ1) is 16.7. The van der Waals surface area contributed by atoms with E-state index in [0.717, 1.165) is 31.6 Å². The van der Waals surface area contributed by atoms with Gasteiger partial charge in [0.25, 0.3) is 15.9 Å². The van der Waals surface area contributed by atoms with Crippen LogP contribution in [0.3, 0.4) is 0 Å². The summed E-state index contributed by atoms with van der Waals surface area (Å²) in [6, 6.07) is 17.9. The van der Waals surface area contributed by atoms with Crippen LogP contribution in [0.5, 0.6) is 0 Å². The van der Waals surface area contributed by atoms with Crippen molar-refractivity contribution in [3.63, 3.8) is 0 Å². The summed E-state index contributed by atoms with van der Waals surface area (Å²) in [5.74, 6) is -0.309. The number of amides is 1. The number of nitrogens with one attached hydrogen (secondary N) is 1. The number of benzene rings is 3. The van der Waals surface area contributed by atoms with Crippen LogP contribution in [-0.4, -0.2) is 56.8 Å². The first kappa shape index (κ1) is 25.8. The quantitative estimate of drug-likeness (QED) is 0.395. The Morgan fingerprint density at radius 3 is 2.23 bits per heavy atom. The number of carbonyl (C=O) groups excluding carboxylic acids is 1. The minimum absolute atomic E-state index is 0.0765. The van der Waals surface area contributed by atoms with Gasteiger partial charge in [-0.2, -0.15) is 0 Å². The van der Waals surface area contributed by atoms with E-state index in [4.69, 9.17) is 0 Å².